The lowest BCUT2D eigenvalue weighted by Gasteiger charge is -2.26. The summed E-state index contributed by atoms with van der Waals surface area (Å²) in [5.41, 5.74) is 2.83. The van der Waals surface area contributed by atoms with Crippen LogP contribution in [0, 0.1) is 0 Å². The minimum Gasteiger partial charge on any atom is -0.382 e. The number of nitrogens with zero attached hydrogens (tertiary/aromatic N) is 1. The van der Waals surface area contributed by atoms with Gasteiger partial charge in [0.15, 0.2) is 0 Å². The summed E-state index contributed by atoms with van der Waals surface area (Å²) in [6, 6.07) is 5.93. The highest BCUT2D eigenvalue weighted by atomic mass is 16.2. The van der Waals surface area contributed by atoms with Crippen molar-refractivity contribution in [1.82, 2.24) is 4.90 Å². The van der Waals surface area contributed by atoms with Gasteiger partial charge in [-0.25, -0.2) is 0 Å². The van der Waals surface area contributed by atoms with Gasteiger partial charge < -0.3 is 15.5 Å². The molecule has 2 aliphatic heterocycles. The number of benzene rings is 1. The normalized spacial score (nSPS) is 18.8. The number of rotatable bonds is 1. The Bertz CT molecular complexity index is 464. The summed E-state index contributed by atoms with van der Waals surface area (Å²) < 4.78 is 0. The quantitative estimate of drug-likeness (QED) is 0.814. The van der Waals surface area contributed by atoms with Crippen molar-refractivity contribution >= 4 is 17.3 Å². The number of amides is 1. The van der Waals surface area contributed by atoms with Crippen LogP contribution in [0.2, 0.25) is 0 Å². The number of nitrogens with one attached hydrogen (secondary N) is 2. The molecule has 0 bridgehead atoms. The van der Waals surface area contributed by atoms with Gasteiger partial charge in [0.05, 0.1) is 16.9 Å². The molecular weight excluding hydrogens is 238 g/mol. The summed E-state index contributed by atoms with van der Waals surface area (Å²) in [7, 11) is 0. The Labute approximate surface area is 114 Å². The van der Waals surface area contributed by atoms with E-state index in [1.54, 1.807) is 0 Å². The van der Waals surface area contributed by atoms with Crippen LogP contribution in [0.25, 0.3) is 0 Å². The molecule has 1 fully saturated rings. The molecule has 0 atom stereocenters. The molecule has 1 saturated heterocycles. The van der Waals surface area contributed by atoms with Gasteiger partial charge in [0.1, 0.15) is 0 Å². The minimum atomic E-state index is 0.176. The molecule has 3 rings (SSSR count). The molecule has 1 amide bonds. The molecular formula is C15H21N3O. The van der Waals surface area contributed by atoms with E-state index in [1.165, 1.54) is 12.8 Å². The molecule has 2 N–H and O–H groups in total. The van der Waals surface area contributed by atoms with Gasteiger partial charge in [0, 0.05) is 26.2 Å². The van der Waals surface area contributed by atoms with E-state index >= 15 is 0 Å². The molecule has 2 aliphatic rings. The van der Waals surface area contributed by atoms with Crippen molar-refractivity contribution in [2.24, 2.45) is 0 Å². The average molecular weight is 259 g/mol. The standard InChI is InChI=1S/C15H21N3O/c19-15(18-10-3-1-2-4-11-18)12-6-5-7-13-14(12)17-9-8-16-13/h5-7,16-17H,1-4,8-11H2. The third-order valence-corrected chi connectivity index (χ3v) is 3.93. The van der Waals surface area contributed by atoms with E-state index in [-0.39, 0.29) is 5.91 Å². The Morgan fingerprint density at radius 2 is 1.74 bits per heavy atom. The largest absolute Gasteiger partial charge is 0.382 e. The fourth-order valence-electron chi connectivity index (χ4n) is 2.90. The Hall–Kier alpha value is -1.71. The molecule has 19 heavy (non-hydrogen) atoms. The predicted molar refractivity (Wildman–Crippen MR) is 77.8 cm³/mol. The van der Waals surface area contributed by atoms with Crippen molar-refractivity contribution in [3.63, 3.8) is 0 Å². The fraction of sp³-hybridized carbons (Fsp3) is 0.533. The van der Waals surface area contributed by atoms with E-state index in [4.69, 9.17) is 0 Å². The zero-order valence-corrected chi connectivity index (χ0v) is 11.2. The van der Waals surface area contributed by atoms with Crippen molar-refractivity contribution in [2.75, 3.05) is 36.8 Å². The first kappa shape index (κ1) is 12.3. The topological polar surface area (TPSA) is 44.4 Å². The summed E-state index contributed by atoms with van der Waals surface area (Å²) in [5.74, 6) is 0.176. The predicted octanol–water partition coefficient (Wildman–Crippen LogP) is 2.54. The minimum absolute atomic E-state index is 0.176. The lowest BCUT2D eigenvalue weighted by atomic mass is 10.1. The lowest BCUT2D eigenvalue weighted by molar-refractivity contribution is 0.0762. The molecule has 4 heteroatoms. The first-order valence-electron chi connectivity index (χ1n) is 7.26. The van der Waals surface area contributed by atoms with E-state index < -0.39 is 0 Å². The number of anilines is 2. The third-order valence-electron chi connectivity index (χ3n) is 3.93. The van der Waals surface area contributed by atoms with Crippen LogP contribution in [0.5, 0.6) is 0 Å². The molecule has 1 aromatic rings. The highest BCUT2D eigenvalue weighted by Gasteiger charge is 2.22. The van der Waals surface area contributed by atoms with Crippen molar-refractivity contribution in [1.29, 1.82) is 0 Å². The molecule has 0 unspecified atom stereocenters. The van der Waals surface area contributed by atoms with E-state index in [1.807, 2.05) is 23.1 Å². The summed E-state index contributed by atoms with van der Waals surface area (Å²) in [6.07, 6.45) is 4.76. The smallest absolute Gasteiger partial charge is 0.256 e. The van der Waals surface area contributed by atoms with E-state index in [2.05, 4.69) is 10.6 Å². The Morgan fingerprint density at radius 1 is 1.00 bits per heavy atom. The van der Waals surface area contributed by atoms with Crippen molar-refractivity contribution in [3.8, 4) is 0 Å². The average Bonchev–Trinajstić information content (AvgIpc) is 2.75. The monoisotopic (exact) mass is 259 g/mol. The molecule has 4 nitrogen and oxygen atoms in total. The second-order valence-corrected chi connectivity index (χ2v) is 5.29. The number of fused-ring (bicyclic) bond motifs is 1. The maximum atomic E-state index is 12.7. The molecule has 0 radical (unpaired) electrons. The fourth-order valence-corrected chi connectivity index (χ4v) is 2.90. The van der Waals surface area contributed by atoms with Gasteiger partial charge in [-0.1, -0.05) is 18.9 Å². The number of carbonyl (C=O) groups excluding carboxylic acids is 1. The molecule has 102 valence electrons. The van der Waals surface area contributed by atoms with Crippen LogP contribution in [-0.2, 0) is 0 Å². The van der Waals surface area contributed by atoms with Crippen molar-refractivity contribution < 1.29 is 4.79 Å². The van der Waals surface area contributed by atoms with Crippen LogP contribution in [0.3, 0.4) is 0 Å². The molecule has 0 aliphatic carbocycles. The van der Waals surface area contributed by atoms with Crippen LogP contribution in [-0.4, -0.2) is 37.0 Å². The summed E-state index contributed by atoms with van der Waals surface area (Å²) in [4.78, 5) is 14.7. The Morgan fingerprint density at radius 3 is 2.53 bits per heavy atom. The molecule has 1 aromatic carbocycles. The van der Waals surface area contributed by atoms with Crippen molar-refractivity contribution in [2.45, 2.75) is 25.7 Å². The Balaban J connectivity index is 1.86. The number of hydrogen-bond donors (Lipinski definition) is 2. The van der Waals surface area contributed by atoms with Gasteiger partial charge in [-0.15, -0.1) is 0 Å². The molecule has 0 aromatic heterocycles. The second kappa shape index (κ2) is 5.51. The van der Waals surface area contributed by atoms with Gasteiger partial charge in [-0.3, -0.25) is 4.79 Å². The maximum absolute atomic E-state index is 12.7. The summed E-state index contributed by atoms with van der Waals surface area (Å²) in [6.45, 7) is 3.58. The number of likely N-dealkylation sites (tertiary alicyclic amines) is 1. The van der Waals surface area contributed by atoms with Crippen LogP contribution in [0.1, 0.15) is 36.0 Å². The number of hydrogen-bond acceptors (Lipinski definition) is 3. The van der Waals surface area contributed by atoms with E-state index in [0.717, 1.165) is 56.0 Å². The van der Waals surface area contributed by atoms with Gasteiger partial charge in [0.2, 0.25) is 0 Å². The second-order valence-electron chi connectivity index (χ2n) is 5.29. The maximum Gasteiger partial charge on any atom is 0.256 e. The van der Waals surface area contributed by atoms with Gasteiger partial charge >= 0.3 is 0 Å². The zero-order valence-electron chi connectivity index (χ0n) is 11.2. The van der Waals surface area contributed by atoms with Crippen LogP contribution < -0.4 is 10.6 Å². The highest BCUT2D eigenvalue weighted by Crippen LogP contribution is 2.29. The third kappa shape index (κ3) is 2.53. The molecule has 2 heterocycles. The van der Waals surface area contributed by atoms with Crippen LogP contribution >= 0.6 is 0 Å². The van der Waals surface area contributed by atoms with Gasteiger partial charge in [-0.2, -0.15) is 0 Å². The van der Waals surface area contributed by atoms with Gasteiger partial charge in [-0.05, 0) is 25.0 Å². The molecule has 0 saturated carbocycles. The number of para-hydroxylation sites is 1. The van der Waals surface area contributed by atoms with E-state index in [0.29, 0.717) is 0 Å². The summed E-state index contributed by atoms with van der Waals surface area (Å²) >= 11 is 0. The lowest BCUT2D eigenvalue weighted by Crippen LogP contribution is -2.33. The van der Waals surface area contributed by atoms with Gasteiger partial charge in [0.25, 0.3) is 5.91 Å². The van der Waals surface area contributed by atoms with Crippen LogP contribution in [0.4, 0.5) is 11.4 Å². The zero-order chi connectivity index (χ0) is 13.1. The number of carbonyl (C=O) groups is 1. The highest BCUT2D eigenvalue weighted by molar-refractivity contribution is 6.02. The molecule has 0 spiro atoms. The Kier molecular flexibility index (Phi) is 3.58. The van der Waals surface area contributed by atoms with Crippen LogP contribution in [0.15, 0.2) is 18.2 Å². The first-order chi connectivity index (χ1) is 9.36. The van der Waals surface area contributed by atoms with E-state index in [9.17, 15) is 4.79 Å². The first-order valence-corrected chi connectivity index (χ1v) is 7.26. The summed E-state index contributed by atoms with van der Waals surface area (Å²) in [5, 5.41) is 6.70. The SMILES string of the molecule is O=C(c1cccc2c1NCCN2)N1CCCCCC1. The van der Waals surface area contributed by atoms with Crippen molar-refractivity contribution in [3.05, 3.63) is 23.8 Å².